The summed E-state index contributed by atoms with van der Waals surface area (Å²) in [6.07, 6.45) is 1.96. The highest BCUT2D eigenvalue weighted by molar-refractivity contribution is 5.97. The van der Waals surface area contributed by atoms with Crippen molar-refractivity contribution in [2.75, 3.05) is 20.2 Å². The van der Waals surface area contributed by atoms with Crippen molar-refractivity contribution in [1.29, 1.82) is 0 Å². The average molecular weight is 334 g/mol. The summed E-state index contributed by atoms with van der Waals surface area (Å²) in [5.74, 6) is -1.10. The first kappa shape index (κ1) is 16.2. The average Bonchev–Trinajstić information content (AvgIpc) is 3.28. The van der Waals surface area contributed by atoms with Crippen LogP contribution >= 0.6 is 0 Å². The summed E-state index contributed by atoms with van der Waals surface area (Å²) in [7, 11) is 1.41. The molecule has 2 aliphatic rings. The van der Waals surface area contributed by atoms with Crippen LogP contribution in [0, 0.1) is 21.4 Å². The Bertz CT molecular complexity index is 709. The minimum Gasteiger partial charge on any atom is -0.496 e. The fourth-order valence-electron chi connectivity index (χ4n) is 3.55. The SMILES string of the molecule is COc1ccc([N+](=O)[O-])cc1C(=O)N1CCC2(CC1)CC2C(=O)O. The molecule has 2 fully saturated rings. The van der Waals surface area contributed by atoms with Crippen molar-refractivity contribution in [3.63, 3.8) is 0 Å². The lowest BCUT2D eigenvalue weighted by atomic mass is 9.90. The van der Waals surface area contributed by atoms with Gasteiger partial charge in [0.1, 0.15) is 5.75 Å². The number of benzene rings is 1. The third-order valence-corrected chi connectivity index (χ3v) is 5.16. The topological polar surface area (TPSA) is 110 Å². The van der Waals surface area contributed by atoms with Crippen LogP contribution < -0.4 is 4.74 Å². The molecule has 1 aliphatic heterocycles. The number of nitrogens with zero attached hydrogens (tertiary/aromatic N) is 2. The maximum atomic E-state index is 12.7. The number of amides is 1. The Labute approximate surface area is 138 Å². The first-order chi connectivity index (χ1) is 11.4. The molecule has 8 nitrogen and oxygen atoms in total. The van der Waals surface area contributed by atoms with E-state index in [1.54, 1.807) is 4.90 Å². The molecule has 0 radical (unpaired) electrons. The lowest BCUT2D eigenvalue weighted by Crippen LogP contribution is -2.40. The number of methoxy groups -OCH3 is 1. The van der Waals surface area contributed by atoms with Crippen molar-refractivity contribution >= 4 is 17.6 Å². The predicted molar refractivity (Wildman–Crippen MR) is 83.0 cm³/mol. The second kappa shape index (κ2) is 5.77. The lowest BCUT2D eigenvalue weighted by Gasteiger charge is -2.32. The largest absolute Gasteiger partial charge is 0.496 e. The number of piperidine rings is 1. The Morgan fingerprint density at radius 3 is 2.54 bits per heavy atom. The maximum absolute atomic E-state index is 12.7. The van der Waals surface area contributed by atoms with E-state index in [2.05, 4.69) is 0 Å². The third-order valence-electron chi connectivity index (χ3n) is 5.16. The number of rotatable bonds is 4. The molecule has 1 heterocycles. The number of non-ortho nitro benzene ring substituents is 1. The standard InChI is InChI=1S/C16H18N2O6/c1-24-13-3-2-10(18(22)23)8-11(13)14(19)17-6-4-16(5-7-17)9-12(16)15(20)21/h2-3,8,12H,4-7,9H2,1H3,(H,20,21). The van der Waals surface area contributed by atoms with Gasteiger partial charge in [0.2, 0.25) is 0 Å². The lowest BCUT2D eigenvalue weighted by molar-refractivity contribution is -0.384. The molecule has 1 aromatic rings. The molecule has 8 heteroatoms. The van der Waals surface area contributed by atoms with Gasteiger partial charge in [-0.25, -0.2) is 0 Å². The molecule has 3 rings (SSSR count). The molecule has 0 bridgehead atoms. The zero-order chi connectivity index (χ0) is 17.5. The first-order valence-corrected chi connectivity index (χ1v) is 7.72. The fourth-order valence-corrected chi connectivity index (χ4v) is 3.55. The zero-order valence-electron chi connectivity index (χ0n) is 13.2. The van der Waals surface area contributed by atoms with E-state index in [1.807, 2.05) is 0 Å². The summed E-state index contributed by atoms with van der Waals surface area (Å²) in [5, 5.41) is 20.0. The van der Waals surface area contributed by atoms with Gasteiger partial charge < -0.3 is 14.7 Å². The van der Waals surface area contributed by atoms with Crippen molar-refractivity contribution in [2.24, 2.45) is 11.3 Å². The molecular weight excluding hydrogens is 316 g/mol. The van der Waals surface area contributed by atoms with E-state index >= 15 is 0 Å². The highest BCUT2D eigenvalue weighted by Gasteiger charge is 2.59. The Hall–Kier alpha value is -2.64. The Morgan fingerprint density at radius 2 is 2.04 bits per heavy atom. The van der Waals surface area contributed by atoms with Crippen LogP contribution in [0.4, 0.5) is 5.69 Å². The van der Waals surface area contributed by atoms with E-state index in [-0.39, 0.29) is 28.5 Å². The second-order valence-corrected chi connectivity index (χ2v) is 6.39. The number of carboxylic acids is 1. The van der Waals surface area contributed by atoms with Crippen LogP contribution in [0.1, 0.15) is 29.6 Å². The van der Waals surface area contributed by atoms with Crippen LogP contribution in [0.3, 0.4) is 0 Å². The summed E-state index contributed by atoms with van der Waals surface area (Å²) < 4.78 is 5.15. The van der Waals surface area contributed by atoms with Gasteiger partial charge in [-0.2, -0.15) is 0 Å². The van der Waals surface area contributed by atoms with Crippen molar-refractivity contribution in [1.82, 2.24) is 4.90 Å². The van der Waals surface area contributed by atoms with Gasteiger partial charge in [-0.05, 0) is 30.7 Å². The quantitative estimate of drug-likeness (QED) is 0.665. The van der Waals surface area contributed by atoms with Gasteiger partial charge in [0.25, 0.3) is 11.6 Å². The summed E-state index contributed by atoms with van der Waals surface area (Å²) in [6.45, 7) is 0.906. The van der Waals surface area contributed by atoms with Gasteiger partial charge >= 0.3 is 5.97 Å². The van der Waals surface area contributed by atoms with Crippen LogP contribution in [0.25, 0.3) is 0 Å². The number of likely N-dealkylation sites (tertiary alicyclic amines) is 1. The number of hydrogen-bond donors (Lipinski definition) is 1. The Kier molecular flexibility index (Phi) is 3.90. The van der Waals surface area contributed by atoms with E-state index in [0.717, 1.165) is 0 Å². The number of carboxylic acid groups (broad SMARTS) is 1. The second-order valence-electron chi connectivity index (χ2n) is 6.39. The number of carbonyl (C=O) groups excluding carboxylic acids is 1. The highest BCUT2D eigenvalue weighted by Crippen LogP contribution is 2.59. The van der Waals surface area contributed by atoms with Crippen LogP contribution in [-0.2, 0) is 4.79 Å². The molecule has 1 aromatic carbocycles. The van der Waals surface area contributed by atoms with Gasteiger partial charge in [-0.15, -0.1) is 0 Å². The number of nitro benzene ring substituents is 1. The molecule has 1 spiro atoms. The van der Waals surface area contributed by atoms with E-state index in [9.17, 15) is 19.7 Å². The van der Waals surface area contributed by atoms with E-state index in [0.29, 0.717) is 38.1 Å². The number of ether oxygens (including phenoxy) is 1. The van der Waals surface area contributed by atoms with Crippen molar-refractivity contribution < 1.29 is 24.4 Å². The fraction of sp³-hybridized carbons (Fsp3) is 0.500. The maximum Gasteiger partial charge on any atom is 0.307 e. The molecule has 1 saturated heterocycles. The van der Waals surface area contributed by atoms with Crippen molar-refractivity contribution in [3.8, 4) is 5.75 Å². The first-order valence-electron chi connectivity index (χ1n) is 7.72. The summed E-state index contributed by atoms with van der Waals surface area (Å²) in [4.78, 5) is 35.8. The third kappa shape index (κ3) is 2.68. The highest BCUT2D eigenvalue weighted by atomic mass is 16.6. The molecule has 1 atom stereocenters. The molecular formula is C16H18N2O6. The molecule has 1 N–H and O–H groups in total. The summed E-state index contributed by atoms with van der Waals surface area (Å²) >= 11 is 0. The Morgan fingerprint density at radius 1 is 1.38 bits per heavy atom. The summed E-state index contributed by atoms with van der Waals surface area (Å²) in [6, 6.07) is 3.93. The van der Waals surface area contributed by atoms with Crippen LogP contribution in [-0.4, -0.2) is 47.0 Å². The summed E-state index contributed by atoms with van der Waals surface area (Å²) in [5.41, 5.74) is -0.177. The zero-order valence-corrected chi connectivity index (χ0v) is 13.2. The van der Waals surface area contributed by atoms with Gasteiger partial charge in [-0.3, -0.25) is 19.7 Å². The van der Waals surface area contributed by atoms with E-state index in [1.165, 1.54) is 25.3 Å². The van der Waals surface area contributed by atoms with Crippen LogP contribution in [0.15, 0.2) is 18.2 Å². The molecule has 1 unspecified atom stereocenters. The Balaban J connectivity index is 1.75. The van der Waals surface area contributed by atoms with Crippen molar-refractivity contribution in [2.45, 2.75) is 19.3 Å². The van der Waals surface area contributed by atoms with Crippen molar-refractivity contribution in [3.05, 3.63) is 33.9 Å². The van der Waals surface area contributed by atoms with Gasteiger partial charge in [0, 0.05) is 25.2 Å². The van der Waals surface area contributed by atoms with Gasteiger partial charge in [0.05, 0.1) is 23.5 Å². The normalized spacial score (nSPS) is 21.4. The number of aliphatic carboxylic acids is 1. The number of nitro groups is 1. The van der Waals surface area contributed by atoms with Crippen LogP contribution in [0.5, 0.6) is 5.75 Å². The minimum atomic E-state index is -0.768. The molecule has 128 valence electrons. The smallest absolute Gasteiger partial charge is 0.307 e. The number of carbonyl (C=O) groups is 2. The monoisotopic (exact) mass is 334 g/mol. The molecule has 1 amide bonds. The minimum absolute atomic E-state index is 0.160. The molecule has 1 saturated carbocycles. The molecule has 1 aliphatic carbocycles. The van der Waals surface area contributed by atoms with Gasteiger partial charge in [0.15, 0.2) is 0 Å². The molecule has 0 aromatic heterocycles. The van der Waals surface area contributed by atoms with E-state index in [4.69, 9.17) is 9.84 Å². The van der Waals surface area contributed by atoms with Crippen LogP contribution in [0.2, 0.25) is 0 Å². The molecule has 24 heavy (non-hydrogen) atoms. The van der Waals surface area contributed by atoms with E-state index < -0.39 is 10.9 Å². The predicted octanol–water partition coefficient (Wildman–Crippen LogP) is 1.93. The number of hydrogen-bond acceptors (Lipinski definition) is 5. The van der Waals surface area contributed by atoms with Gasteiger partial charge in [-0.1, -0.05) is 0 Å².